The number of hydrogen-bond donors (Lipinski definition) is 2. The average Bonchev–Trinajstić information content (AvgIpc) is 3.30. The van der Waals surface area contributed by atoms with Crippen LogP contribution in [0.5, 0.6) is 0 Å². The van der Waals surface area contributed by atoms with Crippen LogP contribution in [-0.2, 0) is 11.2 Å². The van der Waals surface area contributed by atoms with Crippen molar-refractivity contribution in [3.05, 3.63) is 65.0 Å². The van der Waals surface area contributed by atoms with Crippen LogP contribution < -0.4 is 5.43 Å². The maximum absolute atomic E-state index is 12.4. The first-order valence-corrected chi connectivity index (χ1v) is 10.8. The van der Waals surface area contributed by atoms with Crippen molar-refractivity contribution >= 4 is 34.5 Å². The molecule has 162 valence electrons. The molecule has 2 N–H and O–H groups in total. The highest BCUT2D eigenvalue weighted by Gasteiger charge is 2.34. The zero-order valence-electron chi connectivity index (χ0n) is 17.7. The van der Waals surface area contributed by atoms with Crippen molar-refractivity contribution in [3.8, 4) is 0 Å². The number of nitrogens with zero attached hydrogens (tertiary/aromatic N) is 3. The predicted molar refractivity (Wildman–Crippen MR) is 119 cm³/mol. The SMILES string of the molecule is CC1CC(=O)NN=C1c1ccc2[nH]c(CCCCN3C(=O)c4ccccc4C3=O)nc2c1. The van der Waals surface area contributed by atoms with Crippen LogP contribution in [-0.4, -0.2) is 44.8 Å². The molecule has 0 aliphatic carbocycles. The van der Waals surface area contributed by atoms with Crippen molar-refractivity contribution in [2.75, 3.05) is 6.54 Å². The highest BCUT2D eigenvalue weighted by atomic mass is 16.2. The van der Waals surface area contributed by atoms with Gasteiger partial charge in [-0.15, -0.1) is 0 Å². The third kappa shape index (κ3) is 3.57. The van der Waals surface area contributed by atoms with Crippen LogP contribution >= 0.6 is 0 Å². The minimum Gasteiger partial charge on any atom is -0.342 e. The molecule has 8 nitrogen and oxygen atoms in total. The van der Waals surface area contributed by atoms with Crippen molar-refractivity contribution < 1.29 is 14.4 Å². The number of amides is 3. The van der Waals surface area contributed by atoms with Gasteiger partial charge >= 0.3 is 0 Å². The molecule has 0 fully saturated rings. The fourth-order valence-corrected chi connectivity index (χ4v) is 4.34. The summed E-state index contributed by atoms with van der Waals surface area (Å²) in [5.41, 5.74) is 7.13. The molecule has 0 bridgehead atoms. The molecule has 1 aromatic heterocycles. The number of aromatic nitrogens is 2. The number of benzene rings is 2. The molecule has 1 atom stereocenters. The van der Waals surface area contributed by atoms with Crippen LogP contribution in [0.25, 0.3) is 11.0 Å². The Balaban J connectivity index is 1.21. The summed E-state index contributed by atoms with van der Waals surface area (Å²) < 4.78 is 0. The maximum Gasteiger partial charge on any atom is 0.261 e. The second-order valence-corrected chi connectivity index (χ2v) is 8.32. The van der Waals surface area contributed by atoms with Gasteiger partial charge in [0.2, 0.25) is 5.91 Å². The Hall–Kier alpha value is -3.81. The second kappa shape index (κ2) is 8.03. The van der Waals surface area contributed by atoms with Gasteiger partial charge in [0.05, 0.1) is 27.9 Å². The Kier molecular flexibility index (Phi) is 5.05. The van der Waals surface area contributed by atoms with Crippen LogP contribution in [0.3, 0.4) is 0 Å². The molecule has 2 aromatic carbocycles. The quantitative estimate of drug-likeness (QED) is 0.464. The highest BCUT2D eigenvalue weighted by Crippen LogP contribution is 2.23. The standard InChI is InChI=1S/C24H23N5O3/c1-14-12-21(30)27-28-22(14)15-9-10-18-19(13-15)26-20(25-18)8-4-5-11-29-23(31)16-6-2-3-7-17(16)24(29)32/h2-3,6-7,9-10,13-14H,4-5,8,11-12H2,1H3,(H,25,26)(H,27,30). The van der Waals surface area contributed by atoms with Gasteiger partial charge in [-0.05, 0) is 37.1 Å². The van der Waals surface area contributed by atoms with Crippen LogP contribution in [0.15, 0.2) is 47.6 Å². The Labute approximate surface area is 184 Å². The third-order valence-corrected chi connectivity index (χ3v) is 6.01. The normalized spacial score (nSPS) is 18.2. The van der Waals surface area contributed by atoms with Crippen molar-refractivity contribution in [2.24, 2.45) is 11.0 Å². The number of fused-ring (bicyclic) bond motifs is 2. The molecule has 0 saturated heterocycles. The molecule has 0 saturated carbocycles. The van der Waals surface area contributed by atoms with Gasteiger partial charge in [-0.3, -0.25) is 19.3 Å². The number of carbonyl (C=O) groups excluding carboxylic acids is 3. The molecular formula is C24H23N5O3. The van der Waals surface area contributed by atoms with Gasteiger partial charge in [0.25, 0.3) is 11.8 Å². The third-order valence-electron chi connectivity index (χ3n) is 6.01. The molecule has 3 heterocycles. The Morgan fingerprint density at radius 2 is 1.78 bits per heavy atom. The lowest BCUT2D eigenvalue weighted by Crippen LogP contribution is -2.31. The van der Waals surface area contributed by atoms with Crippen molar-refractivity contribution in [1.82, 2.24) is 20.3 Å². The van der Waals surface area contributed by atoms with E-state index < -0.39 is 0 Å². The number of unbranched alkanes of at least 4 members (excludes halogenated alkanes) is 1. The summed E-state index contributed by atoms with van der Waals surface area (Å²) >= 11 is 0. The minimum atomic E-state index is -0.210. The fourth-order valence-electron chi connectivity index (χ4n) is 4.34. The number of rotatable bonds is 6. The van der Waals surface area contributed by atoms with E-state index in [1.54, 1.807) is 24.3 Å². The number of aromatic amines is 1. The lowest BCUT2D eigenvalue weighted by molar-refractivity contribution is -0.121. The molecule has 1 unspecified atom stereocenters. The summed E-state index contributed by atoms with van der Waals surface area (Å²) in [5, 5.41) is 4.22. The monoisotopic (exact) mass is 429 g/mol. The van der Waals surface area contributed by atoms with Gasteiger partial charge in [0.15, 0.2) is 0 Å². The molecule has 8 heteroatoms. The number of aryl methyl sites for hydroxylation is 1. The average molecular weight is 429 g/mol. The topological polar surface area (TPSA) is 108 Å². The zero-order valence-corrected chi connectivity index (χ0v) is 17.7. The summed E-state index contributed by atoms with van der Waals surface area (Å²) in [6.45, 7) is 2.40. The second-order valence-electron chi connectivity index (χ2n) is 8.32. The lowest BCUT2D eigenvalue weighted by Gasteiger charge is -2.18. The number of nitrogens with one attached hydrogen (secondary N) is 2. The lowest BCUT2D eigenvalue weighted by atomic mass is 9.94. The van der Waals surface area contributed by atoms with E-state index in [4.69, 9.17) is 4.98 Å². The summed E-state index contributed by atoms with van der Waals surface area (Å²) in [5.74, 6) is 0.439. The minimum absolute atomic E-state index is 0.0572. The molecule has 3 amide bonds. The first-order valence-electron chi connectivity index (χ1n) is 10.8. The molecule has 2 aliphatic rings. The van der Waals surface area contributed by atoms with E-state index in [0.717, 1.165) is 41.0 Å². The highest BCUT2D eigenvalue weighted by molar-refractivity contribution is 6.21. The van der Waals surface area contributed by atoms with E-state index >= 15 is 0 Å². The Morgan fingerprint density at radius 1 is 1.03 bits per heavy atom. The zero-order chi connectivity index (χ0) is 22.2. The van der Waals surface area contributed by atoms with E-state index in [1.165, 1.54) is 4.90 Å². The van der Waals surface area contributed by atoms with Crippen molar-refractivity contribution in [1.29, 1.82) is 0 Å². The Bertz CT molecular complexity index is 1240. The molecule has 0 spiro atoms. The van der Waals surface area contributed by atoms with Crippen LogP contribution in [0, 0.1) is 5.92 Å². The molecular weight excluding hydrogens is 406 g/mol. The number of hydrogen-bond acceptors (Lipinski definition) is 5. The smallest absolute Gasteiger partial charge is 0.261 e. The van der Waals surface area contributed by atoms with Crippen molar-refractivity contribution in [3.63, 3.8) is 0 Å². The van der Waals surface area contributed by atoms with Gasteiger partial charge in [0.1, 0.15) is 5.82 Å². The van der Waals surface area contributed by atoms with Crippen LogP contribution in [0.2, 0.25) is 0 Å². The maximum atomic E-state index is 12.4. The first-order chi connectivity index (χ1) is 15.5. The van der Waals surface area contributed by atoms with E-state index in [2.05, 4.69) is 15.5 Å². The Morgan fingerprint density at radius 3 is 2.50 bits per heavy atom. The van der Waals surface area contributed by atoms with Crippen LogP contribution in [0.4, 0.5) is 0 Å². The fraction of sp³-hybridized carbons (Fsp3) is 0.292. The van der Waals surface area contributed by atoms with Crippen molar-refractivity contribution in [2.45, 2.75) is 32.6 Å². The predicted octanol–water partition coefficient (Wildman–Crippen LogP) is 3.04. The molecule has 2 aliphatic heterocycles. The summed E-state index contributed by atoms with van der Waals surface area (Å²) in [6, 6.07) is 12.9. The van der Waals surface area contributed by atoms with E-state index in [0.29, 0.717) is 30.5 Å². The van der Waals surface area contributed by atoms with Gasteiger partial charge in [-0.2, -0.15) is 5.10 Å². The van der Waals surface area contributed by atoms with Gasteiger partial charge < -0.3 is 4.98 Å². The summed E-state index contributed by atoms with van der Waals surface area (Å²) in [6.07, 6.45) is 2.66. The molecule has 5 rings (SSSR count). The first kappa shape index (κ1) is 20.1. The number of hydrazone groups is 1. The van der Waals surface area contributed by atoms with E-state index in [-0.39, 0.29) is 23.6 Å². The largest absolute Gasteiger partial charge is 0.342 e. The number of carbonyl (C=O) groups is 3. The summed E-state index contributed by atoms with van der Waals surface area (Å²) in [7, 11) is 0. The van der Waals surface area contributed by atoms with Gasteiger partial charge in [-0.1, -0.05) is 25.1 Å². The van der Waals surface area contributed by atoms with Crippen LogP contribution in [0.1, 0.15) is 58.3 Å². The summed E-state index contributed by atoms with van der Waals surface area (Å²) in [4.78, 5) is 45.7. The van der Waals surface area contributed by atoms with E-state index in [9.17, 15) is 14.4 Å². The van der Waals surface area contributed by atoms with Gasteiger partial charge in [0, 0.05) is 30.9 Å². The molecule has 3 aromatic rings. The van der Waals surface area contributed by atoms with E-state index in [1.807, 2.05) is 25.1 Å². The number of imidazole rings is 1. The van der Waals surface area contributed by atoms with Gasteiger partial charge in [-0.25, -0.2) is 10.4 Å². The molecule has 32 heavy (non-hydrogen) atoms. The number of imide groups is 1. The molecule has 0 radical (unpaired) electrons. The number of H-pyrrole nitrogens is 1.